The largest absolute Gasteiger partial charge is 0.341 e. The molecule has 1 atom stereocenters. The van der Waals surface area contributed by atoms with Crippen LogP contribution in [0.2, 0.25) is 10.0 Å². The number of likely N-dealkylation sites (N-methyl/N-ethyl adjacent to an activating group) is 1. The zero-order valence-electron chi connectivity index (χ0n) is 19.3. The summed E-state index contributed by atoms with van der Waals surface area (Å²) < 4.78 is 39.2. The number of amides is 1. The summed E-state index contributed by atoms with van der Waals surface area (Å²) >= 11 is 12.3. The van der Waals surface area contributed by atoms with Crippen LogP contribution in [0, 0.1) is 5.82 Å². The van der Waals surface area contributed by atoms with E-state index in [-0.39, 0.29) is 24.3 Å². The number of nitrogens with zero attached hydrogens (tertiary/aromatic N) is 2. The van der Waals surface area contributed by atoms with Gasteiger partial charge in [-0.25, -0.2) is 17.5 Å². The van der Waals surface area contributed by atoms with E-state index in [1.165, 1.54) is 18.4 Å². The average molecular weight is 530 g/mol. The highest BCUT2D eigenvalue weighted by Gasteiger charge is 2.27. The Morgan fingerprint density at radius 1 is 1.18 bits per heavy atom. The van der Waals surface area contributed by atoms with Gasteiger partial charge in [0.1, 0.15) is 5.82 Å². The number of carbonyl (C=O) groups is 1. The third-order valence-electron chi connectivity index (χ3n) is 6.03. The van der Waals surface area contributed by atoms with Gasteiger partial charge >= 0.3 is 0 Å². The van der Waals surface area contributed by atoms with Gasteiger partial charge in [-0.1, -0.05) is 41.4 Å². The van der Waals surface area contributed by atoms with E-state index in [1.54, 1.807) is 36.2 Å². The van der Waals surface area contributed by atoms with Crippen molar-refractivity contribution in [2.45, 2.75) is 37.8 Å². The molecule has 0 bridgehead atoms. The molecule has 0 aliphatic carbocycles. The number of carbonyl (C=O) groups excluding carboxylic acids is 1. The Hall–Kier alpha value is -1.71. The molecule has 0 saturated carbocycles. The summed E-state index contributed by atoms with van der Waals surface area (Å²) in [6.45, 7) is 2.45. The topological polar surface area (TPSA) is 69.7 Å². The van der Waals surface area contributed by atoms with Crippen LogP contribution in [-0.2, 0) is 21.4 Å². The van der Waals surface area contributed by atoms with Crippen LogP contribution < -0.4 is 4.72 Å². The quantitative estimate of drug-likeness (QED) is 0.526. The van der Waals surface area contributed by atoms with Crippen molar-refractivity contribution in [1.82, 2.24) is 14.5 Å². The van der Waals surface area contributed by atoms with Gasteiger partial charge in [-0.2, -0.15) is 0 Å². The van der Waals surface area contributed by atoms with E-state index >= 15 is 0 Å². The molecule has 1 aliphatic heterocycles. The third kappa shape index (κ3) is 7.92. The molecular weight excluding hydrogens is 500 g/mol. The predicted octanol–water partition coefficient (Wildman–Crippen LogP) is 4.28. The van der Waals surface area contributed by atoms with Crippen molar-refractivity contribution in [2.24, 2.45) is 0 Å². The summed E-state index contributed by atoms with van der Waals surface area (Å²) in [5.74, 6) is -0.871. The van der Waals surface area contributed by atoms with Crippen LogP contribution >= 0.6 is 23.2 Å². The van der Waals surface area contributed by atoms with Gasteiger partial charge in [0.2, 0.25) is 15.9 Å². The lowest BCUT2D eigenvalue weighted by atomic mass is 9.93. The molecule has 1 aliphatic rings. The van der Waals surface area contributed by atoms with E-state index in [0.717, 1.165) is 31.5 Å². The van der Waals surface area contributed by atoms with E-state index < -0.39 is 15.9 Å². The van der Waals surface area contributed by atoms with Crippen molar-refractivity contribution in [2.75, 3.05) is 32.9 Å². The molecule has 1 heterocycles. The van der Waals surface area contributed by atoms with Gasteiger partial charge in [0, 0.05) is 19.6 Å². The lowest BCUT2D eigenvalue weighted by Gasteiger charge is -2.33. The van der Waals surface area contributed by atoms with Gasteiger partial charge in [0.25, 0.3) is 0 Å². The summed E-state index contributed by atoms with van der Waals surface area (Å²) in [7, 11) is -1.52. The first-order chi connectivity index (χ1) is 16.0. The number of halogens is 3. The number of rotatable bonds is 9. The summed E-state index contributed by atoms with van der Waals surface area (Å²) in [6, 6.07) is 11.4. The van der Waals surface area contributed by atoms with Crippen molar-refractivity contribution >= 4 is 39.1 Å². The Kier molecular flexibility index (Phi) is 9.34. The standard InChI is InChI=1S/C24H30Cl2FN3O3S/c1-29(16-17-4-3-5-19(27)14-17)24(31)21(18-6-7-22(25)23(26)15-18)10-13-30-11-8-20(9-12-30)28-34(2,32)33/h3-7,14-15,20-21,28H,8-13,16H2,1-2H3. The normalized spacial score (nSPS) is 16.4. The summed E-state index contributed by atoms with van der Waals surface area (Å²) in [5, 5.41) is 0.808. The Morgan fingerprint density at radius 3 is 2.50 bits per heavy atom. The second-order valence-electron chi connectivity index (χ2n) is 8.84. The van der Waals surface area contributed by atoms with E-state index in [2.05, 4.69) is 9.62 Å². The Bertz CT molecular complexity index is 1110. The van der Waals surface area contributed by atoms with Crippen molar-refractivity contribution in [1.29, 1.82) is 0 Å². The van der Waals surface area contributed by atoms with Crippen molar-refractivity contribution < 1.29 is 17.6 Å². The molecule has 10 heteroatoms. The molecule has 1 saturated heterocycles. The van der Waals surface area contributed by atoms with Gasteiger partial charge in [0.05, 0.1) is 22.2 Å². The first-order valence-corrected chi connectivity index (χ1v) is 13.8. The molecule has 2 aromatic carbocycles. The average Bonchev–Trinajstić information content (AvgIpc) is 2.76. The van der Waals surface area contributed by atoms with E-state index in [1.807, 2.05) is 6.07 Å². The minimum Gasteiger partial charge on any atom is -0.341 e. The SMILES string of the molecule is CN(Cc1cccc(F)c1)C(=O)C(CCN1CCC(NS(C)(=O)=O)CC1)c1ccc(Cl)c(Cl)c1. The maximum absolute atomic E-state index is 13.6. The molecule has 0 spiro atoms. The summed E-state index contributed by atoms with van der Waals surface area (Å²) in [6.07, 6.45) is 3.18. The second kappa shape index (κ2) is 11.8. The van der Waals surface area contributed by atoms with Crippen molar-refractivity contribution in [3.8, 4) is 0 Å². The van der Waals surface area contributed by atoms with E-state index in [9.17, 15) is 17.6 Å². The maximum atomic E-state index is 13.6. The predicted molar refractivity (Wildman–Crippen MR) is 134 cm³/mol. The summed E-state index contributed by atoms with van der Waals surface area (Å²) in [4.78, 5) is 17.3. The molecule has 1 fully saturated rings. The van der Waals surface area contributed by atoms with Crippen LogP contribution in [0.25, 0.3) is 0 Å². The molecule has 1 N–H and O–H groups in total. The van der Waals surface area contributed by atoms with Gasteiger partial charge in [-0.15, -0.1) is 0 Å². The molecule has 186 valence electrons. The third-order valence-corrected chi connectivity index (χ3v) is 7.53. The Labute approximate surface area is 211 Å². The fraction of sp³-hybridized carbons (Fsp3) is 0.458. The van der Waals surface area contributed by atoms with Crippen LogP contribution in [-0.4, -0.2) is 63.1 Å². The highest BCUT2D eigenvalue weighted by molar-refractivity contribution is 7.88. The molecule has 2 aromatic rings. The number of hydrogen-bond acceptors (Lipinski definition) is 4. The highest BCUT2D eigenvalue weighted by atomic mass is 35.5. The van der Waals surface area contributed by atoms with E-state index in [4.69, 9.17) is 23.2 Å². The number of piperidine rings is 1. The molecule has 0 radical (unpaired) electrons. The Morgan fingerprint density at radius 2 is 1.88 bits per heavy atom. The molecular formula is C24H30Cl2FN3O3S. The fourth-order valence-electron chi connectivity index (χ4n) is 4.30. The van der Waals surface area contributed by atoms with Crippen LogP contribution in [0.15, 0.2) is 42.5 Å². The van der Waals surface area contributed by atoms with Gasteiger partial charge in [-0.05, 0) is 74.3 Å². The summed E-state index contributed by atoms with van der Waals surface area (Å²) in [5.41, 5.74) is 1.49. The Balaban J connectivity index is 1.69. The van der Waals surface area contributed by atoms with Gasteiger partial charge in [-0.3, -0.25) is 4.79 Å². The van der Waals surface area contributed by atoms with Crippen LogP contribution in [0.5, 0.6) is 0 Å². The smallest absolute Gasteiger partial charge is 0.230 e. The number of hydrogen-bond donors (Lipinski definition) is 1. The van der Waals surface area contributed by atoms with Crippen molar-refractivity contribution in [3.63, 3.8) is 0 Å². The molecule has 1 unspecified atom stereocenters. The zero-order valence-corrected chi connectivity index (χ0v) is 21.6. The van der Waals surface area contributed by atoms with Crippen LogP contribution in [0.3, 0.4) is 0 Å². The number of sulfonamides is 1. The lowest BCUT2D eigenvalue weighted by molar-refractivity contribution is -0.132. The fourth-order valence-corrected chi connectivity index (χ4v) is 5.45. The number of benzene rings is 2. The lowest BCUT2D eigenvalue weighted by Crippen LogP contribution is -2.45. The van der Waals surface area contributed by atoms with Crippen LogP contribution in [0.4, 0.5) is 4.39 Å². The molecule has 34 heavy (non-hydrogen) atoms. The minimum absolute atomic E-state index is 0.0591. The molecule has 1 amide bonds. The van der Waals surface area contributed by atoms with Crippen molar-refractivity contribution in [3.05, 3.63) is 69.5 Å². The first-order valence-electron chi connectivity index (χ1n) is 11.2. The second-order valence-corrected chi connectivity index (χ2v) is 11.4. The number of likely N-dealkylation sites (tertiary alicyclic amines) is 1. The van der Waals surface area contributed by atoms with Gasteiger partial charge in [0.15, 0.2) is 0 Å². The van der Waals surface area contributed by atoms with Gasteiger partial charge < -0.3 is 9.80 Å². The molecule has 3 rings (SSSR count). The monoisotopic (exact) mass is 529 g/mol. The molecule has 6 nitrogen and oxygen atoms in total. The minimum atomic E-state index is -3.23. The first kappa shape index (κ1) is 26.9. The number of nitrogens with one attached hydrogen (secondary N) is 1. The zero-order chi connectivity index (χ0) is 24.9. The molecule has 0 aromatic heterocycles. The van der Waals surface area contributed by atoms with Crippen LogP contribution in [0.1, 0.15) is 36.3 Å². The maximum Gasteiger partial charge on any atom is 0.230 e. The van der Waals surface area contributed by atoms with E-state index in [0.29, 0.717) is 28.6 Å². The highest BCUT2D eigenvalue weighted by Crippen LogP contribution is 2.30.